The highest BCUT2D eigenvalue weighted by atomic mass is 35.5. The average molecular weight is 259 g/mol. The number of aliphatic hydroxyl groups is 1. The van der Waals surface area contributed by atoms with Crippen molar-refractivity contribution < 1.29 is 5.11 Å². The maximum atomic E-state index is 8.91. The molecule has 0 saturated heterocycles. The van der Waals surface area contributed by atoms with Crippen molar-refractivity contribution in [2.45, 2.75) is 33.2 Å². The van der Waals surface area contributed by atoms with Gasteiger partial charge in [0.1, 0.15) is 0 Å². The first-order chi connectivity index (χ1) is 7.97. The summed E-state index contributed by atoms with van der Waals surface area (Å²) in [7, 11) is 0. The lowest BCUT2D eigenvalue weighted by atomic mass is 10.2. The van der Waals surface area contributed by atoms with E-state index in [1.807, 2.05) is 18.7 Å². The highest BCUT2D eigenvalue weighted by Gasteiger charge is 2.17. The van der Waals surface area contributed by atoms with Crippen LogP contribution in [0.25, 0.3) is 0 Å². The Bertz CT molecular complexity index is 384. The van der Waals surface area contributed by atoms with Crippen molar-refractivity contribution in [2.75, 3.05) is 23.8 Å². The first-order valence-corrected chi connectivity index (χ1v) is 6.02. The van der Waals surface area contributed by atoms with E-state index in [0.717, 1.165) is 0 Å². The molecule has 0 spiro atoms. The number of hydrogen-bond donors (Lipinski definition) is 2. The molecule has 0 aliphatic rings. The first-order valence-electron chi connectivity index (χ1n) is 5.64. The molecule has 0 aliphatic carbocycles. The average Bonchev–Trinajstić information content (AvgIpc) is 2.24. The quantitative estimate of drug-likeness (QED) is 0.785. The zero-order valence-electron chi connectivity index (χ0n) is 10.4. The molecule has 0 aromatic carbocycles. The smallest absolute Gasteiger partial charge is 0.224 e. The summed E-state index contributed by atoms with van der Waals surface area (Å²) >= 11 is 5.85. The summed E-state index contributed by atoms with van der Waals surface area (Å²) < 4.78 is 0. The molecule has 1 aromatic rings. The molecule has 0 saturated carbocycles. The number of aromatic nitrogens is 2. The zero-order chi connectivity index (χ0) is 13.0. The van der Waals surface area contributed by atoms with Gasteiger partial charge in [0.25, 0.3) is 0 Å². The number of rotatable bonds is 5. The van der Waals surface area contributed by atoms with Crippen LogP contribution in [-0.4, -0.2) is 34.3 Å². The molecule has 3 N–H and O–H groups in total. The van der Waals surface area contributed by atoms with Gasteiger partial charge in [0.2, 0.25) is 5.28 Å². The van der Waals surface area contributed by atoms with Crippen LogP contribution in [0.15, 0.2) is 0 Å². The Morgan fingerprint density at radius 1 is 1.41 bits per heavy atom. The molecular weight excluding hydrogens is 240 g/mol. The highest BCUT2D eigenvalue weighted by molar-refractivity contribution is 6.28. The van der Waals surface area contributed by atoms with E-state index < -0.39 is 0 Å². The fraction of sp³-hybridized carbons (Fsp3) is 0.636. The summed E-state index contributed by atoms with van der Waals surface area (Å²) in [5, 5.41) is 9.10. The van der Waals surface area contributed by atoms with Gasteiger partial charge in [-0.2, -0.15) is 4.98 Å². The molecule has 0 bridgehead atoms. The maximum Gasteiger partial charge on any atom is 0.224 e. The Labute approximate surface area is 107 Å². The van der Waals surface area contributed by atoms with E-state index in [2.05, 4.69) is 9.97 Å². The molecule has 0 fully saturated rings. The third kappa shape index (κ3) is 3.44. The number of aryl methyl sites for hydroxylation is 1. The van der Waals surface area contributed by atoms with E-state index in [4.69, 9.17) is 22.4 Å². The van der Waals surface area contributed by atoms with E-state index in [9.17, 15) is 0 Å². The molecule has 0 amide bonds. The molecule has 0 aliphatic heterocycles. The fourth-order valence-corrected chi connectivity index (χ4v) is 1.81. The Kier molecular flexibility index (Phi) is 4.96. The molecule has 0 atom stereocenters. The molecule has 96 valence electrons. The van der Waals surface area contributed by atoms with Crippen molar-refractivity contribution in [1.82, 2.24) is 9.97 Å². The Hall–Kier alpha value is -1.07. The van der Waals surface area contributed by atoms with Crippen LogP contribution < -0.4 is 10.6 Å². The van der Waals surface area contributed by atoms with Gasteiger partial charge < -0.3 is 15.7 Å². The van der Waals surface area contributed by atoms with Gasteiger partial charge >= 0.3 is 0 Å². The second kappa shape index (κ2) is 6.02. The van der Waals surface area contributed by atoms with Crippen LogP contribution in [0.3, 0.4) is 0 Å². The molecule has 1 rings (SSSR count). The van der Waals surface area contributed by atoms with Gasteiger partial charge in [-0.05, 0) is 38.8 Å². The Morgan fingerprint density at radius 2 is 2.06 bits per heavy atom. The second-order valence-corrected chi connectivity index (χ2v) is 4.52. The third-order valence-corrected chi connectivity index (χ3v) is 2.71. The molecule has 17 heavy (non-hydrogen) atoms. The summed E-state index contributed by atoms with van der Waals surface area (Å²) in [6, 6.07) is 0.231. The zero-order valence-corrected chi connectivity index (χ0v) is 11.2. The van der Waals surface area contributed by atoms with Crippen LogP contribution in [0.4, 0.5) is 11.5 Å². The van der Waals surface area contributed by atoms with Gasteiger partial charge in [0.15, 0.2) is 5.82 Å². The van der Waals surface area contributed by atoms with Crippen molar-refractivity contribution in [1.29, 1.82) is 0 Å². The summed E-state index contributed by atoms with van der Waals surface area (Å²) in [6.45, 7) is 6.72. The van der Waals surface area contributed by atoms with Gasteiger partial charge in [0.05, 0.1) is 11.4 Å². The standard InChI is InChI=1S/C11H19ClN4O/c1-7(2)16(5-4-6-17)10-9(13)8(3)14-11(12)15-10/h7,17H,4-6,13H2,1-3H3. The lowest BCUT2D eigenvalue weighted by molar-refractivity contribution is 0.288. The van der Waals surface area contributed by atoms with Gasteiger partial charge in [0, 0.05) is 19.2 Å². The van der Waals surface area contributed by atoms with E-state index in [0.29, 0.717) is 30.2 Å². The van der Waals surface area contributed by atoms with Crippen LogP contribution in [0, 0.1) is 6.92 Å². The van der Waals surface area contributed by atoms with Gasteiger partial charge in [-0.25, -0.2) is 4.98 Å². The van der Waals surface area contributed by atoms with Gasteiger partial charge in [-0.3, -0.25) is 0 Å². The summed E-state index contributed by atoms with van der Waals surface area (Å²) in [6.07, 6.45) is 0.665. The minimum Gasteiger partial charge on any atom is -0.396 e. The lowest BCUT2D eigenvalue weighted by Crippen LogP contribution is -2.34. The highest BCUT2D eigenvalue weighted by Crippen LogP contribution is 2.26. The Balaban J connectivity index is 3.09. The van der Waals surface area contributed by atoms with E-state index >= 15 is 0 Å². The number of nitrogens with two attached hydrogens (primary N) is 1. The third-order valence-electron chi connectivity index (χ3n) is 2.54. The van der Waals surface area contributed by atoms with Gasteiger partial charge in [-0.15, -0.1) is 0 Å². The first kappa shape index (κ1) is 14.0. The second-order valence-electron chi connectivity index (χ2n) is 4.18. The van der Waals surface area contributed by atoms with Crippen molar-refractivity contribution in [2.24, 2.45) is 0 Å². The molecule has 0 radical (unpaired) electrons. The van der Waals surface area contributed by atoms with Crippen LogP contribution >= 0.6 is 11.6 Å². The minimum absolute atomic E-state index is 0.140. The van der Waals surface area contributed by atoms with Crippen molar-refractivity contribution in [3.63, 3.8) is 0 Å². The normalized spacial score (nSPS) is 10.9. The summed E-state index contributed by atoms with van der Waals surface area (Å²) in [5.41, 5.74) is 7.19. The number of halogens is 1. The summed E-state index contributed by atoms with van der Waals surface area (Å²) in [4.78, 5) is 10.2. The van der Waals surface area contributed by atoms with E-state index in [-0.39, 0.29) is 17.9 Å². The number of aliphatic hydroxyl groups excluding tert-OH is 1. The number of nitrogens with zero attached hydrogens (tertiary/aromatic N) is 3. The largest absolute Gasteiger partial charge is 0.396 e. The lowest BCUT2D eigenvalue weighted by Gasteiger charge is -2.29. The topological polar surface area (TPSA) is 75.3 Å². The fourth-order valence-electron chi connectivity index (χ4n) is 1.60. The van der Waals surface area contributed by atoms with Crippen LogP contribution in [0.2, 0.25) is 5.28 Å². The molecule has 1 aromatic heterocycles. The molecule has 1 heterocycles. The number of hydrogen-bond acceptors (Lipinski definition) is 5. The van der Waals surface area contributed by atoms with E-state index in [1.54, 1.807) is 6.92 Å². The number of nitrogen functional groups attached to an aromatic ring is 1. The number of anilines is 2. The SMILES string of the molecule is Cc1nc(Cl)nc(N(CCCO)C(C)C)c1N. The van der Waals surface area contributed by atoms with Crippen LogP contribution in [0.1, 0.15) is 26.0 Å². The minimum atomic E-state index is 0.140. The monoisotopic (exact) mass is 258 g/mol. The molecular formula is C11H19ClN4O. The maximum absolute atomic E-state index is 8.91. The summed E-state index contributed by atoms with van der Waals surface area (Å²) in [5.74, 6) is 0.644. The van der Waals surface area contributed by atoms with Crippen molar-refractivity contribution >= 4 is 23.1 Å². The van der Waals surface area contributed by atoms with Crippen LogP contribution in [-0.2, 0) is 0 Å². The molecule has 5 nitrogen and oxygen atoms in total. The van der Waals surface area contributed by atoms with E-state index in [1.165, 1.54) is 0 Å². The van der Waals surface area contributed by atoms with Crippen LogP contribution in [0.5, 0.6) is 0 Å². The van der Waals surface area contributed by atoms with Crippen molar-refractivity contribution in [3.8, 4) is 0 Å². The molecule has 6 heteroatoms. The Morgan fingerprint density at radius 3 is 2.59 bits per heavy atom. The predicted octanol–water partition coefficient (Wildman–Crippen LogP) is 1.62. The van der Waals surface area contributed by atoms with Crippen molar-refractivity contribution in [3.05, 3.63) is 11.0 Å². The predicted molar refractivity (Wildman–Crippen MR) is 70.4 cm³/mol. The molecule has 0 unspecified atom stereocenters. The van der Waals surface area contributed by atoms with Gasteiger partial charge in [-0.1, -0.05) is 0 Å².